The summed E-state index contributed by atoms with van der Waals surface area (Å²) in [6.07, 6.45) is 3.80. The van der Waals surface area contributed by atoms with Gasteiger partial charge in [0.25, 0.3) is 5.82 Å². The summed E-state index contributed by atoms with van der Waals surface area (Å²) in [6.45, 7) is 13.9. The lowest BCUT2D eigenvalue weighted by Gasteiger charge is -2.31. The van der Waals surface area contributed by atoms with Crippen LogP contribution < -0.4 is 4.57 Å². The van der Waals surface area contributed by atoms with E-state index in [2.05, 4.69) is 169 Å². The van der Waals surface area contributed by atoms with Crippen molar-refractivity contribution in [3.8, 4) is 39.3 Å². The van der Waals surface area contributed by atoms with E-state index in [-0.39, 0.29) is 17.4 Å². The molecule has 7 aromatic rings. The molecule has 3 heterocycles. The first-order valence-corrected chi connectivity index (χ1v) is 18.4. The van der Waals surface area contributed by atoms with Gasteiger partial charge >= 0.3 is 0 Å². The van der Waals surface area contributed by atoms with Gasteiger partial charge in [-0.1, -0.05) is 136 Å². The molecule has 3 heteroatoms. The van der Waals surface area contributed by atoms with Gasteiger partial charge in [-0.2, -0.15) is 9.13 Å². The number of nitrogens with zero attached hydrogens (tertiary/aromatic N) is 3. The fourth-order valence-corrected chi connectivity index (χ4v) is 9.36. The van der Waals surface area contributed by atoms with E-state index in [1.165, 1.54) is 55.6 Å². The molecule has 0 saturated heterocycles. The molecule has 2 unspecified atom stereocenters. The summed E-state index contributed by atoms with van der Waals surface area (Å²) in [5.41, 5.74) is 18.2. The van der Waals surface area contributed by atoms with Crippen LogP contribution >= 0.6 is 0 Å². The zero-order valence-corrected chi connectivity index (χ0v) is 29.7. The van der Waals surface area contributed by atoms with Gasteiger partial charge in [0, 0.05) is 16.9 Å². The number of rotatable bonds is 3. The third kappa shape index (κ3) is 4.38. The number of allylic oxidation sites excluding steroid dienone is 1. The van der Waals surface area contributed by atoms with Gasteiger partial charge < -0.3 is 0 Å². The van der Waals surface area contributed by atoms with Crippen molar-refractivity contribution in [3.05, 3.63) is 187 Å². The molecule has 1 aromatic heterocycles. The Labute approximate surface area is 305 Å². The number of imidazole rings is 1. The molecule has 10 rings (SSSR count). The van der Waals surface area contributed by atoms with Crippen LogP contribution in [0, 0.1) is 0 Å². The molecule has 250 valence electrons. The highest BCUT2D eigenvalue weighted by molar-refractivity contribution is 6.10. The predicted octanol–water partition coefficient (Wildman–Crippen LogP) is 11.1. The lowest BCUT2D eigenvalue weighted by molar-refractivity contribution is -0.543. The van der Waals surface area contributed by atoms with Gasteiger partial charge in [-0.3, -0.25) is 4.99 Å². The summed E-state index contributed by atoms with van der Waals surface area (Å²) in [4.78, 5) is 5.47. The monoisotopic (exact) mass is 670 g/mol. The minimum atomic E-state index is -0.148. The highest BCUT2D eigenvalue weighted by atomic mass is 15.2. The number of fused-ring (bicyclic) bond motifs is 11. The SMILES string of the molecule is C=CC1=NC2C(=C)[n+]3c(n(-c4ccc(-c5ccccc5)cc4)c4ccccc43)-c3cc4c(cc3CCC2c2ccccc21)C(C)(C)c1ccccc1-4. The van der Waals surface area contributed by atoms with Gasteiger partial charge in [0.05, 0.1) is 11.3 Å². The number of aryl methyl sites for hydroxylation is 1. The van der Waals surface area contributed by atoms with Gasteiger partial charge in [-0.25, -0.2) is 0 Å². The normalized spacial score (nSPS) is 18.0. The molecule has 52 heavy (non-hydrogen) atoms. The Bertz CT molecular complexity index is 2630. The van der Waals surface area contributed by atoms with E-state index in [4.69, 9.17) is 11.6 Å². The van der Waals surface area contributed by atoms with Crippen molar-refractivity contribution in [1.29, 1.82) is 0 Å². The Morgan fingerprint density at radius 2 is 1.40 bits per heavy atom. The van der Waals surface area contributed by atoms with E-state index >= 15 is 0 Å². The van der Waals surface area contributed by atoms with Gasteiger partial charge in [0.15, 0.2) is 11.0 Å². The first-order chi connectivity index (χ1) is 25.4. The van der Waals surface area contributed by atoms with Crippen LogP contribution in [0.15, 0.2) is 164 Å². The number of para-hydroxylation sites is 2. The van der Waals surface area contributed by atoms with Crippen LogP contribution in [-0.4, -0.2) is 16.3 Å². The van der Waals surface area contributed by atoms with Crippen molar-refractivity contribution in [2.45, 2.75) is 44.1 Å². The van der Waals surface area contributed by atoms with E-state index in [9.17, 15) is 0 Å². The van der Waals surface area contributed by atoms with Crippen LogP contribution in [0.5, 0.6) is 0 Å². The number of hydrogen-bond acceptors (Lipinski definition) is 1. The highest BCUT2D eigenvalue weighted by Gasteiger charge is 2.42. The number of benzene rings is 6. The largest absolute Gasteiger partial charge is 0.300 e. The molecule has 0 fully saturated rings. The van der Waals surface area contributed by atoms with Crippen molar-refractivity contribution in [3.63, 3.8) is 0 Å². The second kappa shape index (κ2) is 11.5. The summed E-state index contributed by atoms with van der Waals surface area (Å²) in [5, 5.41) is 0. The van der Waals surface area contributed by atoms with Gasteiger partial charge in [0.1, 0.15) is 17.4 Å². The third-order valence-corrected chi connectivity index (χ3v) is 11.9. The summed E-state index contributed by atoms with van der Waals surface area (Å²) in [5.74, 6) is 1.29. The van der Waals surface area contributed by atoms with Crippen molar-refractivity contribution in [2.24, 2.45) is 4.99 Å². The number of aromatic nitrogens is 2. The third-order valence-electron chi connectivity index (χ3n) is 11.9. The van der Waals surface area contributed by atoms with Crippen LogP contribution in [0.3, 0.4) is 0 Å². The van der Waals surface area contributed by atoms with Gasteiger partial charge in [-0.05, 0) is 93.8 Å². The van der Waals surface area contributed by atoms with Crippen LogP contribution in [0.4, 0.5) is 0 Å². The lowest BCUT2D eigenvalue weighted by Crippen LogP contribution is -2.42. The van der Waals surface area contributed by atoms with Gasteiger partial charge in [0.2, 0.25) is 0 Å². The van der Waals surface area contributed by atoms with E-state index in [0.717, 1.165) is 46.8 Å². The Morgan fingerprint density at radius 1 is 0.712 bits per heavy atom. The topological polar surface area (TPSA) is 21.2 Å². The Morgan fingerprint density at radius 3 is 2.21 bits per heavy atom. The van der Waals surface area contributed by atoms with Crippen molar-refractivity contribution < 1.29 is 4.57 Å². The molecule has 3 aliphatic rings. The average Bonchev–Trinajstić information content (AvgIpc) is 3.66. The van der Waals surface area contributed by atoms with Crippen LogP contribution in [0.2, 0.25) is 0 Å². The molecule has 3 nitrogen and oxygen atoms in total. The minimum Gasteiger partial charge on any atom is -0.272 e. The summed E-state index contributed by atoms with van der Waals surface area (Å²) in [7, 11) is 0. The molecular formula is C49H40N3+. The molecule has 0 amide bonds. The minimum absolute atomic E-state index is 0.0952. The Hall–Kier alpha value is -6.06. The molecule has 0 bridgehead atoms. The molecule has 6 aromatic carbocycles. The lowest BCUT2D eigenvalue weighted by atomic mass is 9.78. The van der Waals surface area contributed by atoms with E-state index in [0.29, 0.717) is 0 Å². The second-order valence-electron chi connectivity index (χ2n) is 15.0. The maximum Gasteiger partial charge on any atom is 0.300 e. The van der Waals surface area contributed by atoms with Crippen molar-refractivity contribution >= 4 is 22.4 Å². The van der Waals surface area contributed by atoms with Crippen LogP contribution in [0.25, 0.3) is 56.1 Å². The summed E-state index contributed by atoms with van der Waals surface area (Å²) in [6, 6.07) is 51.0. The quantitative estimate of drug-likeness (QED) is 0.167. The zero-order chi connectivity index (χ0) is 35.1. The zero-order valence-electron chi connectivity index (χ0n) is 29.7. The van der Waals surface area contributed by atoms with Crippen LogP contribution in [-0.2, 0) is 11.8 Å². The molecule has 2 aliphatic heterocycles. The van der Waals surface area contributed by atoms with E-state index in [1.54, 1.807) is 0 Å². The molecule has 0 saturated carbocycles. The maximum atomic E-state index is 5.47. The smallest absolute Gasteiger partial charge is 0.272 e. The molecular weight excluding hydrogens is 631 g/mol. The number of aliphatic imine (C=N–C) groups is 1. The maximum absolute atomic E-state index is 5.47. The molecule has 0 radical (unpaired) electrons. The molecule has 2 atom stereocenters. The number of hydrogen-bond donors (Lipinski definition) is 0. The highest BCUT2D eigenvalue weighted by Crippen LogP contribution is 2.51. The van der Waals surface area contributed by atoms with Crippen LogP contribution in [0.1, 0.15) is 54.0 Å². The molecule has 0 N–H and O–H groups in total. The standard InChI is InChI=1S/C49H40N3/c1-5-44-38-19-10-9-17-36(38)39-28-25-34-29-43-41(37-18-11-12-20-42(37)49(43,3)4)30-40(34)48-51(31(2)47(39)50-44)45-21-13-14-22-46(45)52(48)35-26-23-33(24-27-35)32-15-7-6-8-16-32/h5-24,26-27,29-30,39,47H,1-2,25,28H2,3-4H3/q+1. The van der Waals surface area contributed by atoms with Crippen molar-refractivity contribution in [1.82, 2.24) is 4.57 Å². The first-order valence-electron chi connectivity index (χ1n) is 18.4. The molecule has 1 aliphatic carbocycles. The summed E-state index contributed by atoms with van der Waals surface area (Å²) >= 11 is 0. The Kier molecular flexibility index (Phi) is 6.79. The fraction of sp³-hybridized carbons (Fsp3) is 0.143. The van der Waals surface area contributed by atoms with Crippen molar-refractivity contribution in [2.75, 3.05) is 0 Å². The first kappa shape index (κ1) is 30.7. The van der Waals surface area contributed by atoms with E-state index < -0.39 is 0 Å². The molecule has 0 spiro atoms. The fourth-order valence-electron chi connectivity index (χ4n) is 9.36. The van der Waals surface area contributed by atoms with Gasteiger partial charge in [-0.15, -0.1) is 0 Å². The second-order valence-corrected chi connectivity index (χ2v) is 15.0. The predicted molar refractivity (Wildman–Crippen MR) is 215 cm³/mol. The Balaban J connectivity index is 1.29. The van der Waals surface area contributed by atoms with E-state index in [1.807, 2.05) is 6.08 Å². The average molecular weight is 671 g/mol. The summed E-state index contributed by atoms with van der Waals surface area (Å²) < 4.78 is 4.89.